The Labute approximate surface area is 104 Å². The van der Waals surface area contributed by atoms with Crippen LogP contribution in [-0.2, 0) is 0 Å². The Balaban J connectivity index is 3.05. The Hall–Kier alpha value is -0.950. The summed E-state index contributed by atoms with van der Waals surface area (Å²) in [7, 11) is 0. The van der Waals surface area contributed by atoms with Crippen LogP contribution in [0.1, 0.15) is 0 Å². The lowest BCUT2D eigenvalue weighted by atomic mass is 10.4. The Bertz CT molecular complexity index is 435. The highest BCUT2D eigenvalue weighted by Crippen LogP contribution is 2.23. The second kappa shape index (κ2) is 5.59. The fourth-order valence-corrected chi connectivity index (χ4v) is 1.60. The van der Waals surface area contributed by atoms with E-state index in [1.165, 1.54) is 0 Å². The van der Waals surface area contributed by atoms with Crippen LogP contribution in [0.3, 0.4) is 0 Å². The van der Waals surface area contributed by atoms with Gasteiger partial charge in [-0.2, -0.15) is 13.2 Å². The van der Waals surface area contributed by atoms with Crippen LogP contribution < -0.4 is 10.5 Å². The van der Waals surface area contributed by atoms with E-state index in [1.807, 2.05) is 0 Å². The van der Waals surface area contributed by atoms with Gasteiger partial charge in [0.1, 0.15) is 11.6 Å². The highest BCUT2D eigenvalue weighted by molar-refractivity contribution is 6.32. The van der Waals surface area contributed by atoms with E-state index in [0.29, 0.717) is 0 Å². The first-order valence-corrected chi connectivity index (χ1v) is 5.37. The number of rotatable bonds is 4. The summed E-state index contributed by atoms with van der Waals surface area (Å²) in [6, 6.07) is 0. The zero-order valence-electron chi connectivity index (χ0n) is 8.39. The molecular weight excluding hydrogens is 282 g/mol. The Kier molecular flexibility index (Phi) is 4.64. The van der Waals surface area contributed by atoms with Gasteiger partial charge >= 0.3 is 6.18 Å². The van der Waals surface area contributed by atoms with E-state index in [4.69, 9.17) is 23.2 Å². The van der Waals surface area contributed by atoms with Crippen molar-refractivity contribution in [3.8, 4) is 0 Å². The minimum atomic E-state index is -4.43. The van der Waals surface area contributed by atoms with Gasteiger partial charge in [-0.05, 0) is 0 Å². The lowest BCUT2D eigenvalue weighted by Crippen LogP contribution is -2.37. The molecule has 0 bridgehead atoms. The first kappa shape index (κ1) is 14.1. The minimum absolute atomic E-state index is 0.0408. The summed E-state index contributed by atoms with van der Waals surface area (Å²) < 4.78 is 36.9. The molecule has 0 fully saturated rings. The first-order valence-electron chi connectivity index (χ1n) is 4.46. The maximum Gasteiger partial charge on any atom is 0.405 e. The molecule has 0 saturated heterocycles. The number of anilines is 1. The average Bonchev–Trinajstić information content (AvgIpc) is 2.19. The van der Waals surface area contributed by atoms with Crippen LogP contribution in [0.5, 0.6) is 0 Å². The summed E-state index contributed by atoms with van der Waals surface area (Å²) in [6.45, 7) is -1.38. The molecule has 17 heavy (non-hydrogen) atoms. The number of nitrogens with one attached hydrogen (secondary N) is 1. The fourth-order valence-electron chi connectivity index (χ4n) is 1.17. The molecule has 0 aliphatic rings. The highest BCUT2D eigenvalue weighted by Gasteiger charge is 2.32. The van der Waals surface area contributed by atoms with Gasteiger partial charge in [-0.25, -0.2) is 4.98 Å². The predicted molar refractivity (Wildman–Crippen MR) is 58.9 cm³/mol. The van der Waals surface area contributed by atoms with Crippen LogP contribution >= 0.6 is 23.2 Å². The molecule has 0 unspecified atom stereocenters. The largest absolute Gasteiger partial charge is 0.405 e. The van der Waals surface area contributed by atoms with Crippen molar-refractivity contribution in [2.75, 3.05) is 23.9 Å². The van der Waals surface area contributed by atoms with Gasteiger partial charge in [-0.1, -0.05) is 11.6 Å². The maximum absolute atomic E-state index is 12.3. The van der Waals surface area contributed by atoms with E-state index in [1.54, 1.807) is 0 Å². The van der Waals surface area contributed by atoms with E-state index in [9.17, 15) is 18.0 Å². The van der Waals surface area contributed by atoms with Crippen LogP contribution in [0.2, 0.25) is 5.02 Å². The Morgan fingerprint density at radius 2 is 2.12 bits per heavy atom. The number of nitrogens with zero attached hydrogens (tertiary/aromatic N) is 2. The van der Waals surface area contributed by atoms with Crippen molar-refractivity contribution in [2.45, 2.75) is 6.18 Å². The molecule has 1 N–H and O–H groups in total. The zero-order chi connectivity index (χ0) is 13.1. The molecule has 0 aromatic carbocycles. The second-order valence-electron chi connectivity index (χ2n) is 3.09. The van der Waals surface area contributed by atoms with Gasteiger partial charge in [0.2, 0.25) is 0 Å². The quantitative estimate of drug-likeness (QED) is 0.863. The van der Waals surface area contributed by atoms with Crippen molar-refractivity contribution in [1.82, 2.24) is 9.97 Å². The highest BCUT2D eigenvalue weighted by atomic mass is 35.5. The molecular formula is C8H8Cl2F3N3O. The number of aromatic amines is 1. The van der Waals surface area contributed by atoms with Gasteiger partial charge in [0.05, 0.1) is 6.33 Å². The summed E-state index contributed by atoms with van der Waals surface area (Å²) in [5, 5.41) is -0.387. The topological polar surface area (TPSA) is 49.0 Å². The van der Waals surface area contributed by atoms with Gasteiger partial charge < -0.3 is 9.88 Å². The lowest BCUT2D eigenvalue weighted by molar-refractivity contribution is -0.119. The summed E-state index contributed by atoms with van der Waals surface area (Å²) in [5.41, 5.74) is -0.696. The molecule has 4 nitrogen and oxygen atoms in total. The summed E-state index contributed by atoms with van der Waals surface area (Å²) in [5.74, 6) is -0.269. The molecule has 1 aromatic heterocycles. The molecule has 0 spiro atoms. The van der Waals surface area contributed by atoms with Crippen molar-refractivity contribution in [1.29, 1.82) is 0 Å². The Morgan fingerprint density at radius 1 is 1.47 bits per heavy atom. The smallest absolute Gasteiger partial charge is 0.345 e. The molecule has 96 valence electrons. The fraction of sp³-hybridized carbons (Fsp3) is 0.500. The third-order valence-electron chi connectivity index (χ3n) is 1.80. The van der Waals surface area contributed by atoms with Gasteiger partial charge in [-0.15, -0.1) is 11.6 Å². The zero-order valence-corrected chi connectivity index (χ0v) is 9.90. The van der Waals surface area contributed by atoms with E-state index >= 15 is 0 Å². The molecule has 1 rings (SSSR count). The third-order valence-corrected chi connectivity index (χ3v) is 2.31. The maximum atomic E-state index is 12.3. The number of aromatic nitrogens is 2. The van der Waals surface area contributed by atoms with Crippen LogP contribution in [0.25, 0.3) is 0 Å². The molecule has 0 amide bonds. The molecule has 0 radical (unpaired) electrons. The number of hydrogen-bond donors (Lipinski definition) is 1. The van der Waals surface area contributed by atoms with E-state index in [-0.39, 0.29) is 23.3 Å². The number of hydrogen-bond acceptors (Lipinski definition) is 3. The van der Waals surface area contributed by atoms with Crippen molar-refractivity contribution in [3.05, 3.63) is 21.7 Å². The first-order chi connectivity index (χ1) is 7.85. The SMILES string of the molecule is O=c1[nH]cnc(N(CCCl)CC(F)(F)F)c1Cl. The third kappa shape index (κ3) is 4.08. The molecule has 0 aliphatic heterocycles. The van der Waals surface area contributed by atoms with Crippen molar-refractivity contribution in [2.24, 2.45) is 0 Å². The van der Waals surface area contributed by atoms with Gasteiger partial charge in [-0.3, -0.25) is 4.79 Å². The van der Waals surface area contributed by atoms with E-state index in [2.05, 4.69) is 9.97 Å². The standard InChI is InChI=1S/C8H8Cl2F3N3O/c9-1-2-16(3-8(11,12)13)6-5(10)7(17)15-4-14-6/h4H,1-3H2,(H,14,15,17). The Morgan fingerprint density at radius 3 is 2.65 bits per heavy atom. The van der Waals surface area contributed by atoms with Gasteiger partial charge in [0.25, 0.3) is 5.56 Å². The monoisotopic (exact) mass is 289 g/mol. The lowest BCUT2D eigenvalue weighted by Gasteiger charge is -2.24. The van der Waals surface area contributed by atoms with Gasteiger partial charge in [0, 0.05) is 12.4 Å². The molecule has 1 aromatic rings. The number of alkyl halides is 4. The van der Waals surface area contributed by atoms with Crippen molar-refractivity contribution < 1.29 is 13.2 Å². The molecule has 1 heterocycles. The predicted octanol–water partition coefficient (Wildman–Crippen LogP) is 2.03. The second-order valence-corrected chi connectivity index (χ2v) is 3.85. The van der Waals surface area contributed by atoms with E-state index < -0.39 is 18.3 Å². The molecule has 0 atom stereocenters. The van der Waals surface area contributed by atoms with Crippen LogP contribution in [0.4, 0.5) is 19.0 Å². The van der Waals surface area contributed by atoms with Crippen LogP contribution in [0, 0.1) is 0 Å². The molecule has 9 heteroatoms. The summed E-state index contributed by atoms with van der Waals surface area (Å²) in [6.07, 6.45) is -3.44. The van der Waals surface area contributed by atoms with E-state index in [0.717, 1.165) is 11.2 Å². The number of H-pyrrole nitrogens is 1. The normalized spacial score (nSPS) is 11.6. The number of halogens is 5. The van der Waals surface area contributed by atoms with Crippen LogP contribution in [0.15, 0.2) is 11.1 Å². The summed E-state index contributed by atoms with van der Waals surface area (Å²) >= 11 is 11.0. The summed E-state index contributed by atoms with van der Waals surface area (Å²) in [4.78, 5) is 17.7. The van der Waals surface area contributed by atoms with Crippen molar-refractivity contribution >= 4 is 29.0 Å². The average molecular weight is 290 g/mol. The minimum Gasteiger partial charge on any atom is -0.345 e. The van der Waals surface area contributed by atoms with Crippen molar-refractivity contribution in [3.63, 3.8) is 0 Å². The molecule has 0 saturated carbocycles. The van der Waals surface area contributed by atoms with Crippen LogP contribution in [-0.4, -0.2) is 35.1 Å². The molecule has 0 aliphatic carbocycles. The van der Waals surface area contributed by atoms with Gasteiger partial charge in [0.15, 0.2) is 5.82 Å².